The van der Waals surface area contributed by atoms with Gasteiger partial charge in [0, 0.05) is 11.2 Å². The summed E-state index contributed by atoms with van der Waals surface area (Å²) in [5.41, 5.74) is 2.56. The van der Waals surface area contributed by atoms with E-state index in [2.05, 4.69) is 5.32 Å². The zero-order chi connectivity index (χ0) is 15.4. The molecule has 2 rings (SSSR count). The number of nitrogens with one attached hydrogen (secondary N) is 1. The van der Waals surface area contributed by atoms with Crippen molar-refractivity contribution in [3.63, 3.8) is 0 Å². The van der Waals surface area contributed by atoms with Gasteiger partial charge in [0.25, 0.3) is 0 Å². The summed E-state index contributed by atoms with van der Waals surface area (Å²) >= 11 is 0. The zero-order valence-electron chi connectivity index (χ0n) is 11.8. The summed E-state index contributed by atoms with van der Waals surface area (Å²) in [5.74, 6) is -0.461. The van der Waals surface area contributed by atoms with E-state index in [4.69, 9.17) is 4.74 Å². The van der Waals surface area contributed by atoms with Crippen LogP contribution in [0.1, 0.15) is 15.9 Å². The molecule has 0 radical (unpaired) electrons. The maximum Gasteiger partial charge on any atom is 0.490 e. The first-order chi connectivity index (χ1) is 10.0. The third-order valence-electron chi connectivity index (χ3n) is 3.18. The molecule has 0 spiro atoms. The van der Waals surface area contributed by atoms with Gasteiger partial charge < -0.3 is 20.1 Å². The van der Waals surface area contributed by atoms with Crippen molar-refractivity contribution in [3.8, 4) is 0 Å². The minimum atomic E-state index is -1.60. The number of hydrogen-bond acceptors (Lipinski definition) is 5. The summed E-state index contributed by atoms with van der Waals surface area (Å²) in [6, 6.07) is 12.2. The second-order valence-corrected chi connectivity index (χ2v) is 4.57. The molecule has 5 nitrogen and oxygen atoms in total. The maximum atomic E-state index is 11.7. The van der Waals surface area contributed by atoms with Crippen molar-refractivity contribution in [2.75, 3.05) is 12.4 Å². The summed E-state index contributed by atoms with van der Waals surface area (Å²) < 4.78 is 4.74. The minimum Gasteiger partial charge on any atom is -0.465 e. The Bertz CT molecular complexity index is 658. The molecule has 6 heteroatoms. The molecule has 2 aromatic carbocycles. The van der Waals surface area contributed by atoms with E-state index >= 15 is 0 Å². The molecule has 0 amide bonds. The van der Waals surface area contributed by atoms with Crippen molar-refractivity contribution in [1.29, 1.82) is 0 Å². The topological polar surface area (TPSA) is 78.8 Å². The van der Waals surface area contributed by atoms with Gasteiger partial charge in [0.1, 0.15) is 0 Å². The third-order valence-corrected chi connectivity index (χ3v) is 3.18. The second-order valence-electron chi connectivity index (χ2n) is 4.57. The predicted octanol–water partition coefficient (Wildman–Crippen LogP) is 1.21. The molecule has 108 valence electrons. The van der Waals surface area contributed by atoms with E-state index in [0.717, 1.165) is 5.56 Å². The SMILES string of the molecule is COC(=O)c1ccccc1Nc1cccc(C)c1B(O)O. The van der Waals surface area contributed by atoms with Crippen LogP contribution in [-0.2, 0) is 4.74 Å². The van der Waals surface area contributed by atoms with Gasteiger partial charge in [-0.3, -0.25) is 0 Å². The highest BCUT2D eigenvalue weighted by molar-refractivity contribution is 6.61. The van der Waals surface area contributed by atoms with Crippen molar-refractivity contribution >= 4 is 29.9 Å². The first kappa shape index (κ1) is 15.1. The van der Waals surface area contributed by atoms with Crippen LogP contribution in [0.2, 0.25) is 0 Å². The summed E-state index contributed by atoms with van der Waals surface area (Å²) in [6.07, 6.45) is 0. The van der Waals surface area contributed by atoms with Crippen molar-refractivity contribution in [2.45, 2.75) is 6.92 Å². The van der Waals surface area contributed by atoms with Gasteiger partial charge >= 0.3 is 13.1 Å². The normalized spacial score (nSPS) is 10.1. The Morgan fingerprint density at radius 2 is 1.76 bits per heavy atom. The lowest BCUT2D eigenvalue weighted by Crippen LogP contribution is -2.34. The van der Waals surface area contributed by atoms with Crippen LogP contribution >= 0.6 is 0 Å². The van der Waals surface area contributed by atoms with Crippen molar-refractivity contribution in [2.24, 2.45) is 0 Å². The second kappa shape index (κ2) is 6.43. The van der Waals surface area contributed by atoms with Crippen LogP contribution in [0.5, 0.6) is 0 Å². The summed E-state index contributed by atoms with van der Waals surface area (Å²) in [4.78, 5) is 11.7. The quantitative estimate of drug-likeness (QED) is 0.581. The van der Waals surface area contributed by atoms with Crippen LogP contribution in [0.4, 0.5) is 11.4 Å². The van der Waals surface area contributed by atoms with E-state index in [1.54, 1.807) is 49.4 Å². The number of carbonyl (C=O) groups excluding carboxylic acids is 1. The minimum absolute atomic E-state index is 0.372. The fraction of sp³-hybridized carbons (Fsp3) is 0.133. The standard InChI is InChI=1S/C15H16BNO4/c1-10-6-5-9-13(14(10)16(19)20)17-12-8-4-3-7-11(12)15(18)21-2/h3-9,17,19-20H,1-2H3. The molecule has 0 unspecified atom stereocenters. The number of anilines is 2. The molecule has 0 aliphatic rings. The van der Waals surface area contributed by atoms with Crippen molar-refractivity contribution < 1.29 is 19.6 Å². The monoisotopic (exact) mass is 285 g/mol. The number of esters is 1. The van der Waals surface area contributed by atoms with E-state index in [-0.39, 0.29) is 0 Å². The molecule has 0 bridgehead atoms. The van der Waals surface area contributed by atoms with E-state index in [1.165, 1.54) is 7.11 Å². The van der Waals surface area contributed by atoms with Crippen molar-refractivity contribution in [3.05, 3.63) is 53.6 Å². The molecule has 0 heterocycles. The number of methoxy groups -OCH3 is 1. The van der Waals surface area contributed by atoms with Gasteiger partial charge in [-0.25, -0.2) is 4.79 Å². The lowest BCUT2D eigenvalue weighted by Gasteiger charge is -2.15. The first-order valence-corrected chi connectivity index (χ1v) is 6.44. The number of rotatable bonds is 4. The molecule has 0 saturated carbocycles. The fourth-order valence-electron chi connectivity index (χ4n) is 2.16. The smallest absolute Gasteiger partial charge is 0.465 e. The van der Waals surface area contributed by atoms with Gasteiger partial charge in [-0.15, -0.1) is 0 Å². The molecule has 0 aliphatic heterocycles. The Labute approximate surface area is 123 Å². The molecule has 0 fully saturated rings. The summed E-state index contributed by atoms with van der Waals surface area (Å²) in [6.45, 7) is 1.78. The van der Waals surface area contributed by atoms with Gasteiger partial charge in [0.2, 0.25) is 0 Å². The average molecular weight is 285 g/mol. The van der Waals surface area contributed by atoms with E-state index in [1.807, 2.05) is 0 Å². The number of ether oxygens (including phenoxy) is 1. The number of benzene rings is 2. The maximum absolute atomic E-state index is 11.7. The summed E-state index contributed by atoms with van der Waals surface area (Å²) in [7, 11) is -0.284. The highest BCUT2D eigenvalue weighted by atomic mass is 16.5. The van der Waals surface area contributed by atoms with Gasteiger partial charge in [-0.2, -0.15) is 0 Å². The number of carbonyl (C=O) groups is 1. The van der Waals surface area contributed by atoms with Gasteiger partial charge in [-0.1, -0.05) is 24.3 Å². The fourth-order valence-corrected chi connectivity index (χ4v) is 2.16. The van der Waals surface area contributed by atoms with Gasteiger partial charge in [-0.05, 0) is 30.7 Å². The number of para-hydroxylation sites is 1. The van der Waals surface area contributed by atoms with Gasteiger partial charge in [0.15, 0.2) is 0 Å². The van der Waals surface area contributed by atoms with E-state index in [9.17, 15) is 14.8 Å². The lowest BCUT2D eigenvalue weighted by molar-refractivity contribution is 0.0602. The lowest BCUT2D eigenvalue weighted by atomic mass is 9.76. The molecular weight excluding hydrogens is 269 g/mol. The first-order valence-electron chi connectivity index (χ1n) is 6.44. The summed E-state index contributed by atoms with van der Waals surface area (Å²) in [5, 5.41) is 22.1. The average Bonchev–Trinajstić information content (AvgIpc) is 2.46. The van der Waals surface area contributed by atoms with Gasteiger partial charge in [0.05, 0.1) is 18.4 Å². The molecule has 2 aromatic rings. The third kappa shape index (κ3) is 3.24. The molecule has 3 N–H and O–H groups in total. The van der Waals surface area contributed by atoms with Crippen LogP contribution in [0.25, 0.3) is 0 Å². The molecule has 0 saturated heterocycles. The zero-order valence-corrected chi connectivity index (χ0v) is 11.8. The van der Waals surface area contributed by atoms with E-state index < -0.39 is 13.1 Å². The van der Waals surface area contributed by atoms with E-state index in [0.29, 0.717) is 22.4 Å². The Balaban J connectivity index is 2.44. The van der Waals surface area contributed by atoms with Crippen LogP contribution < -0.4 is 10.8 Å². The number of aryl methyl sites for hydroxylation is 1. The molecule has 21 heavy (non-hydrogen) atoms. The van der Waals surface area contributed by atoms with Crippen LogP contribution in [-0.4, -0.2) is 30.2 Å². The Hall–Kier alpha value is -2.31. The molecule has 0 aromatic heterocycles. The highest BCUT2D eigenvalue weighted by Gasteiger charge is 2.20. The Morgan fingerprint density at radius 3 is 2.43 bits per heavy atom. The predicted molar refractivity (Wildman–Crippen MR) is 82.1 cm³/mol. The Morgan fingerprint density at radius 1 is 1.10 bits per heavy atom. The van der Waals surface area contributed by atoms with Crippen LogP contribution in [0.3, 0.4) is 0 Å². The Kier molecular flexibility index (Phi) is 4.62. The number of hydrogen-bond donors (Lipinski definition) is 3. The highest BCUT2D eigenvalue weighted by Crippen LogP contribution is 2.21. The van der Waals surface area contributed by atoms with Crippen LogP contribution in [0, 0.1) is 6.92 Å². The molecule has 0 atom stereocenters. The molecular formula is C15H16BNO4. The molecule has 0 aliphatic carbocycles. The largest absolute Gasteiger partial charge is 0.490 e. The van der Waals surface area contributed by atoms with Crippen molar-refractivity contribution in [1.82, 2.24) is 0 Å². The van der Waals surface area contributed by atoms with Crippen LogP contribution in [0.15, 0.2) is 42.5 Å².